The third-order valence-electron chi connectivity index (χ3n) is 3.41. The first-order valence-corrected chi connectivity index (χ1v) is 8.46. The van der Waals surface area contributed by atoms with Crippen LogP contribution in [0.1, 0.15) is 30.2 Å². The lowest BCUT2D eigenvalue weighted by Gasteiger charge is -2.23. The van der Waals surface area contributed by atoms with Gasteiger partial charge in [-0.15, -0.1) is 0 Å². The summed E-state index contributed by atoms with van der Waals surface area (Å²) in [7, 11) is -1.21. The van der Waals surface area contributed by atoms with Crippen LogP contribution in [0.2, 0.25) is 0 Å². The number of hydrogen-bond donors (Lipinski definition) is 0. The zero-order valence-electron chi connectivity index (χ0n) is 12.6. The van der Waals surface area contributed by atoms with Gasteiger partial charge in [0.05, 0.1) is 11.4 Å². The lowest BCUT2D eigenvalue weighted by atomic mass is 10.1. The highest BCUT2D eigenvalue weighted by atomic mass is 32.2. The van der Waals surface area contributed by atoms with Gasteiger partial charge in [-0.3, -0.25) is 4.90 Å². The van der Waals surface area contributed by atoms with Gasteiger partial charge in [0.1, 0.15) is 0 Å². The van der Waals surface area contributed by atoms with Crippen LogP contribution in [0, 0.1) is 6.92 Å². The summed E-state index contributed by atoms with van der Waals surface area (Å²) < 4.78 is 28.0. The predicted octanol–water partition coefficient (Wildman–Crippen LogP) is 1.97. The van der Waals surface area contributed by atoms with Crippen molar-refractivity contribution >= 4 is 9.84 Å². The summed E-state index contributed by atoms with van der Waals surface area (Å²) in [5.41, 5.74) is 1.03. The molecule has 0 N–H and O–H groups in total. The van der Waals surface area contributed by atoms with Gasteiger partial charge in [-0.05, 0) is 38.6 Å². The van der Waals surface area contributed by atoms with E-state index in [4.69, 9.17) is 4.52 Å². The summed E-state index contributed by atoms with van der Waals surface area (Å²) in [4.78, 5) is 6.56. The molecule has 0 spiro atoms. The molecule has 1 unspecified atom stereocenters. The molecule has 0 bridgehead atoms. The molecular weight excluding hydrogens is 290 g/mol. The Morgan fingerprint density at radius 3 is 2.38 bits per heavy atom. The average molecular weight is 309 g/mol. The highest BCUT2D eigenvalue weighted by Crippen LogP contribution is 2.22. The van der Waals surface area contributed by atoms with E-state index in [2.05, 4.69) is 15.0 Å². The zero-order valence-corrected chi connectivity index (χ0v) is 13.4. The predicted molar refractivity (Wildman–Crippen MR) is 78.5 cm³/mol. The Balaban J connectivity index is 2.10. The first-order valence-electron chi connectivity index (χ1n) is 6.57. The van der Waals surface area contributed by atoms with Gasteiger partial charge in [-0.1, -0.05) is 17.3 Å². The quantitative estimate of drug-likeness (QED) is 0.840. The number of sulfone groups is 1. The number of nitrogens with zero attached hydrogens (tertiary/aromatic N) is 3. The molecule has 0 saturated heterocycles. The molecule has 1 aromatic carbocycles. The van der Waals surface area contributed by atoms with Gasteiger partial charge in [0.15, 0.2) is 15.7 Å². The van der Waals surface area contributed by atoms with Gasteiger partial charge >= 0.3 is 0 Å². The molecule has 0 radical (unpaired) electrons. The van der Waals surface area contributed by atoms with Gasteiger partial charge in [0.2, 0.25) is 5.89 Å². The van der Waals surface area contributed by atoms with Crippen LogP contribution in [0.5, 0.6) is 0 Å². The smallest absolute Gasteiger partial charge is 0.240 e. The summed E-state index contributed by atoms with van der Waals surface area (Å²) in [6.45, 7) is 4.36. The van der Waals surface area contributed by atoms with E-state index in [1.54, 1.807) is 19.1 Å². The first kappa shape index (κ1) is 15.7. The van der Waals surface area contributed by atoms with Crippen molar-refractivity contribution < 1.29 is 12.9 Å². The van der Waals surface area contributed by atoms with Crippen LogP contribution in [-0.4, -0.2) is 36.8 Å². The molecule has 114 valence electrons. The van der Waals surface area contributed by atoms with Crippen molar-refractivity contribution in [2.45, 2.75) is 31.3 Å². The SMILES string of the molecule is Cc1noc(CN(C)C(C)c2ccc(S(C)(=O)=O)cc2)n1. The van der Waals surface area contributed by atoms with E-state index >= 15 is 0 Å². The highest BCUT2D eigenvalue weighted by Gasteiger charge is 2.16. The van der Waals surface area contributed by atoms with Crippen LogP contribution in [-0.2, 0) is 16.4 Å². The summed E-state index contributed by atoms with van der Waals surface area (Å²) in [6.07, 6.45) is 1.20. The normalized spacial score (nSPS) is 13.6. The number of aryl methyl sites for hydroxylation is 1. The lowest BCUT2D eigenvalue weighted by Crippen LogP contribution is -2.22. The van der Waals surface area contributed by atoms with Crippen LogP contribution in [0.3, 0.4) is 0 Å². The van der Waals surface area contributed by atoms with Crippen molar-refractivity contribution in [3.05, 3.63) is 41.5 Å². The van der Waals surface area contributed by atoms with E-state index < -0.39 is 9.84 Å². The maximum absolute atomic E-state index is 11.5. The van der Waals surface area contributed by atoms with Crippen molar-refractivity contribution in [3.8, 4) is 0 Å². The fourth-order valence-electron chi connectivity index (χ4n) is 2.00. The Kier molecular flexibility index (Phi) is 4.43. The van der Waals surface area contributed by atoms with Crippen molar-refractivity contribution in [3.63, 3.8) is 0 Å². The Bertz CT molecular complexity index is 707. The molecule has 0 fully saturated rings. The van der Waals surface area contributed by atoms with E-state index in [1.165, 1.54) is 6.26 Å². The maximum atomic E-state index is 11.5. The highest BCUT2D eigenvalue weighted by molar-refractivity contribution is 7.90. The fourth-order valence-corrected chi connectivity index (χ4v) is 2.63. The fraction of sp³-hybridized carbons (Fsp3) is 0.429. The second-order valence-corrected chi connectivity index (χ2v) is 7.18. The molecule has 0 aliphatic rings. The zero-order chi connectivity index (χ0) is 15.6. The third kappa shape index (κ3) is 3.89. The van der Waals surface area contributed by atoms with Crippen LogP contribution in [0.15, 0.2) is 33.7 Å². The minimum atomic E-state index is -3.16. The van der Waals surface area contributed by atoms with E-state index in [0.717, 1.165) is 5.56 Å². The van der Waals surface area contributed by atoms with Crippen LogP contribution in [0.4, 0.5) is 0 Å². The summed E-state index contributed by atoms with van der Waals surface area (Å²) in [5, 5.41) is 3.76. The first-order chi connectivity index (χ1) is 9.77. The standard InChI is InChI=1S/C14H19N3O3S/c1-10(17(3)9-14-15-11(2)16-20-14)12-5-7-13(8-6-12)21(4,18)19/h5-8,10H,9H2,1-4H3. The van der Waals surface area contributed by atoms with Crippen molar-refractivity contribution in [1.82, 2.24) is 15.0 Å². The van der Waals surface area contributed by atoms with E-state index in [0.29, 0.717) is 23.2 Å². The molecule has 21 heavy (non-hydrogen) atoms. The Morgan fingerprint density at radius 2 is 1.90 bits per heavy atom. The minimum Gasteiger partial charge on any atom is -0.338 e. The van der Waals surface area contributed by atoms with Crippen molar-refractivity contribution in [2.24, 2.45) is 0 Å². The molecule has 1 atom stereocenters. The molecule has 0 amide bonds. The molecule has 6 nitrogen and oxygen atoms in total. The van der Waals surface area contributed by atoms with Gasteiger partial charge in [0.25, 0.3) is 0 Å². The summed E-state index contributed by atoms with van der Waals surface area (Å²) in [6, 6.07) is 7.02. The average Bonchev–Trinajstić information content (AvgIpc) is 2.82. The maximum Gasteiger partial charge on any atom is 0.240 e. The minimum absolute atomic E-state index is 0.103. The lowest BCUT2D eigenvalue weighted by molar-refractivity contribution is 0.216. The Labute approximate surface area is 124 Å². The molecule has 2 rings (SSSR count). The Hall–Kier alpha value is -1.73. The van der Waals surface area contributed by atoms with Gasteiger partial charge < -0.3 is 4.52 Å². The summed E-state index contributed by atoms with van der Waals surface area (Å²) in [5.74, 6) is 1.18. The molecule has 1 aromatic heterocycles. The number of rotatable bonds is 5. The third-order valence-corrected chi connectivity index (χ3v) is 4.53. The number of hydrogen-bond acceptors (Lipinski definition) is 6. The molecule has 1 heterocycles. The largest absolute Gasteiger partial charge is 0.338 e. The molecular formula is C14H19N3O3S. The van der Waals surface area contributed by atoms with E-state index in [1.807, 2.05) is 26.1 Å². The molecule has 0 aliphatic heterocycles. The van der Waals surface area contributed by atoms with Crippen molar-refractivity contribution in [2.75, 3.05) is 13.3 Å². The van der Waals surface area contributed by atoms with Gasteiger partial charge in [-0.25, -0.2) is 8.42 Å². The second kappa shape index (κ2) is 5.95. The van der Waals surface area contributed by atoms with Crippen LogP contribution in [0.25, 0.3) is 0 Å². The molecule has 0 saturated carbocycles. The van der Waals surface area contributed by atoms with Crippen LogP contribution >= 0.6 is 0 Å². The Morgan fingerprint density at radius 1 is 1.29 bits per heavy atom. The topological polar surface area (TPSA) is 76.3 Å². The van der Waals surface area contributed by atoms with Gasteiger partial charge in [0, 0.05) is 12.3 Å². The second-order valence-electron chi connectivity index (χ2n) is 5.17. The number of benzene rings is 1. The van der Waals surface area contributed by atoms with E-state index in [9.17, 15) is 8.42 Å². The summed E-state index contributed by atoms with van der Waals surface area (Å²) >= 11 is 0. The number of aromatic nitrogens is 2. The van der Waals surface area contributed by atoms with Crippen LogP contribution < -0.4 is 0 Å². The van der Waals surface area contributed by atoms with E-state index in [-0.39, 0.29) is 6.04 Å². The molecule has 7 heteroatoms. The van der Waals surface area contributed by atoms with Crippen molar-refractivity contribution in [1.29, 1.82) is 0 Å². The monoisotopic (exact) mass is 309 g/mol. The molecule has 0 aliphatic carbocycles. The molecule has 2 aromatic rings. The van der Waals surface area contributed by atoms with Gasteiger partial charge in [-0.2, -0.15) is 4.98 Å².